The van der Waals surface area contributed by atoms with Crippen molar-refractivity contribution in [2.45, 2.75) is 13.5 Å². The minimum absolute atomic E-state index is 0.0918. The van der Waals surface area contributed by atoms with E-state index in [-0.39, 0.29) is 11.4 Å². The summed E-state index contributed by atoms with van der Waals surface area (Å²) in [5.74, 6) is -0.279. The average molecular weight is 380 g/mol. The SMILES string of the molecule is CCn1c(-c2ccccc2)c(C(=O)C(C#N)=Cc2cnn(C)c2)c2ccccc21. The van der Waals surface area contributed by atoms with Gasteiger partial charge in [0, 0.05) is 36.3 Å². The van der Waals surface area contributed by atoms with Crippen LogP contribution in [0, 0.1) is 11.3 Å². The fraction of sp³-hybridized carbons (Fsp3) is 0.125. The first-order chi connectivity index (χ1) is 14.1. The fourth-order valence-corrected chi connectivity index (χ4v) is 3.72. The Labute approximate surface area is 169 Å². The van der Waals surface area contributed by atoms with Gasteiger partial charge in [-0.15, -0.1) is 0 Å². The summed E-state index contributed by atoms with van der Waals surface area (Å²) in [7, 11) is 1.80. The summed E-state index contributed by atoms with van der Waals surface area (Å²) < 4.78 is 3.78. The third-order valence-electron chi connectivity index (χ3n) is 4.96. The number of allylic oxidation sites excluding steroid dienone is 1. The van der Waals surface area contributed by atoms with Crippen LogP contribution in [0.25, 0.3) is 28.2 Å². The highest BCUT2D eigenvalue weighted by Crippen LogP contribution is 2.35. The minimum Gasteiger partial charge on any atom is -0.340 e. The monoisotopic (exact) mass is 380 g/mol. The van der Waals surface area contributed by atoms with E-state index in [0.717, 1.165) is 27.7 Å². The summed E-state index contributed by atoms with van der Waals surface area (Å²) in [6.07, 6.45) is 5.01. The van der Waals surface area contributed by atoms with Crippen molar-refractivity contribution in [1.82, 2.24) is 14.3 Å². The summed E-state index contributed by atoms with van der Waals surface area (Å²) in [6.45, 7) is 2.77. The van der Waals surface area contributed by atoms with Gasteiger partial charge in [-0.1, -0.05) is 48.5 Å². The van der Waals surface area contributed by atoms with E-state index >= 15 is 0 Å². The highest BCUT2D eigenvalue weighted by molar-refractivity contribution is 6.23. The van der Waals surface area contributed by atoms with Crippen molar-refractivity contribution in [3.05, 3.63) is 83.7 Å². The number of ketones is 1. The lowest BCUT2D eigenvalue weighted by molar-refractivity contribution is 0.104. The van der Waals surface area contributed by atoms with Crippen molar-refractivity contribution in [2.24, 2.45) is 7.05 Å². The maximum absolute atomic E-state index is 13.6. The fourth-order valence-electron chi connectivity index (χ4n) is 3.72. The molecule has 0 spiro atoms. The number of carbonyl (C=O) groups is 1. The predicted octanol–water partition coefficient (Wildman–Crippen LogP) is 4.85. The maximum Gasteiger partial charge on any atom is 0.206 e. The van der Waals surface area contributed by atoms with Crippen molar-refractivity contribution in [2.75, 3.05) is 0 Å². The van der Waals surface area contributed by atoms with Gasteiger partial charge in [0.25, 0.3) is 0 Å². The number of benzene rings is 2. The number of aromatic nitrogens is 3. The van der Waals surface area contributed by atoms with Crippen LogP contribution in [-0.2, 0) is 13.6 Å². The van der Waals surface area contributed by atoms with Crippen LogP contribution >= 0.6 is 0 Å². The predicted molar refractivity (Wildman–Crippen MR) is 114 cm³/mol. The molecule has 0 atom stereocenters. The van der Waals surface area contributed by atoms with Crippen LogP contribution < -0.4 is 0 Å². The van der Waals surface area contributed by atoms with Crippen LogP contribution in [-0.4, -0.2) is 20.1 Å². The molecule has 0 amide bonds. The van der Waals surface area contributed by atoms with Crippen molar-refractivity contribution >= 4 is 22.8 Å². The van der Waals surface area contributed by atoms with Crippen LogP contribution in [0.4, 0.5) is 0 Å². The second kappa shape index (κ2) is 7.61. The summed E-state index contributed by atoms with van der Waals surface area (Å²) in [5, 5.41) is 14.7. The van der Waals surface area contributed by atoms with E-state index in [1.54, 1.807) is 30.2 Å². The molecule has 0 fully saturated rings. The molecule has 0 saturated heterocycles. The molecule has 0 N–H and O–H groups in total. The number of aryl methyl sites for hydroxylation is 2. The van der Waals surface area contributed by atoms with Gasteiger partial charge < -0.3 is 4.57 Å². The van der Waals surface area contributed by atoms with Gasteiger partial charge in [-0.25, -0.2) is 0 Å². The zero-order valence-electron chi connectivity index (χ0n) is 16.3. The number of nitriles is 1. The van der Waals surface area contributed by atoms with E-state index in [1.165, 1.54) is 0 Å². The number of hydrogen-bond acceptors (Lipinski definition) is 3. The Bertz CT molecular complexity index is 1270. The molecule has 142 valence electrons. The number of nitrogens with zero attached hydrogens (tertiary/aromatic N) is 4. The number of Topliss-reactive ketones (excluding diaryl/α,β-unsaturated/α-hetero) is 1. The molecule has 2 heterocycles. The van der Waals surface area contributed by atoms with Crippen molar-refractivity contribution < 1.29 is 4.79 Å². The Kier molecular flexibility index (Phi) is 4.84. The standard InChI is InChI=1S/C24H20N4O/c1-3-28-21-12-8-7-11-20(21)22(23(28)18-9-5-4-6-10-18)24(29)19(14-25)13-17-15-26-27(2)16-17/h4-13,15-16H,3H2,1-2H3. The third-order valence-corrected chi connectivity index (χ3v) is 4.96. The molecule has 4 rings (SSSR count). The smallest absolute Gasteiger partial charge is 0.206 e. The molecule has 0 bridgehead atoms. The summed E-state index contributed by atoms with van der Waals surface area (Å²) in [4.78, 5) is 13.6. The highest BCUT2D eigenvalue weighted by atomic mass is 16.1. The van der Waals surface area contributed by atoms with Crippen molar-refractivity contribution in [1.29, 1.82) is 5.26 Å². The van der Waals surface area contributed by atoms with Gasteiger partial charge in [-0.2, -0.15) is 10.4 Å². The Morgan fingerprint density at radius 3 is 2.52 bits per heavy atom. The number of carbonyl (C=O) groups excluding carboxylic acids is 1. The lowest BCUT2D eigenvalue weighted by Gasteiger charge is -2.10. The minimum atomic E-state index is -0.279. The molecule has 0 unspecified atom stereocenters. The van der Waals surface area contributed by atoms with Gasteiger partial charge in [0.15, 0.2) is 0 Å². The first-order valence-electron chi connectivity index (χ1n) is 9.45. The van der Waals surface area contributed by atoms with Crippen LogP contribution in [0.15, 0.2) is 72.6 Å². The molecular formula is C24H20N4O. The Hall–Kier alpha value is -3.91. The molecule has 2 aromatic carbocycles. The van der Waals surface area contributed by atoms with Gasteiger partial charge in [-0.05, 0) is 24.6 Å². The van der Waals surface area contributed by atoms with E-state index in [1.807, 2.05) is 54.6 Å². The van der Waals surface area contributed by atoms with Crippen LogP contribution in [0.2, 0.25) is 0 Å². The zero-order valence-corrected chi connectivity index (χ0v) is 16.3. The Balaban J connectivity index is 1.98. The molecule has 0 aliphatic rings. The average Bonchev–Trinajstić information content (AvgIpc) is 3.32. The molecule has 2 aromatic heterocycles. The lowest BCUT2D eigenvalue weighted by Crippen LogP contribution is -2.05. The van der Waals surface area contributed by atoms with Gasteiger partial charge in [0.1, 0.15) is 11.6 Å². The van der Waals surface area contributed by atoms with Gasteiger partial charge >= 0.3 is 0 Å². The molecule has 5 heteroatoms. The van der Waals surface area contributed by atoms with E-state index < -0.39 is 0 Å². The van der Waals surface area contributed by atoms with Crippen LogP contribution in [0.1, 0.15) is 22.8 Å². The van der Waals surface area contributed by atoms with Crippen molar-refractivity contribution in [3.8, 4) is 17.3 Å². The van der Waals surface area contributed by atoms with E-state index in [9.17, 15) is 10.1 Å². The van der Waals surface area contributed by atoms with E-state index in [4.69, 9.17) is 0 Å². The van der Waals surface area contributed by atoms with Crippen molar-refractivity contribution in [3.63, 3.8) is 0 Å². The van der Waals surface area contributed by atoms with Crippen LogP contribution in [0.3, 0.4) is 0 Å². The Morgan fingerprint density at radius 1 is 1.14 bits per heavy atom. The number of para-hydroxylation sites is 1. The largest absolute Gasteiger partial charge is 0.340 e. The quantitative estimate of drug-likeness (QED) is 0.282. The molecule has 0 aliphatic heterocycles. The number of hydrogen-bond donors (Lipinski definition) is 0. The molecule has 0 saturated carbocycles. The maximum atomic E-state index is 13.6. The van der Waals surface area contributed by atoms with Gasteiger partial charge in [0.05, 0.1) is 17.5 Å². The first-order valence-corrected chi connectivity index (χ1v) is 9.45. The summed E-state index contributed by atoms with van der Waals surface area (Å²) in [6, 6.07) is 19.8. The van der Waals surface area contributed by atoms with Crippen LogP contribution in [0.5, 0.6) is 0 Å². The number of rotatable bonds is 5. The molecule has 29 heavy (non-hydrogen) atoms. The normalized spacial score (nSPS) is 11.6. The topological polar surface area (TPSA) is 63.6 Å². The lowest BCUT2D eigenvalue weighted by atomic mass is 9.97. The van der Waals surface area contributed by atoms with E-state index in [2.05, 4.69) is 22.7 Å². The summed E-state index contributed by atoms with van der Waals surface area (Å²) >= 11 is 0. The van der Waals surface area contributed by atoms with Gasteiger partial charge in [-0.3, -0.25) is 9.48 Å². The molecule has 0 aliphatic carbocycles. The Morgan fingerprint density at radius 2 is 1.86 bits per heavy atom. The summed E-state index contributed by atoms with van der Waals surface area (Å²) in [5.41, 5.74) is 4.15. The molecule has 0 radical (unpaired) electrons. The molecular weight excluding hydrogens is 360 g/mol. The number of fused-ring (bicyclic) bond motifs is 1. The second-order valence-electron chi connectivity index (χ2n) is 6.80. The van der Waals surface area contributed by atoms with E-state index in [0.29, 0.717) is 12.1 Å². The first kappa shape index (κ1) is 18.5. The third kappa shape index (κ3) is 3.26. The second-order valence-corrected chi connectivity index (χ2v) is 6.80. The molecule has 5 nitrogen and oxygen atoms in total. The zero-order chi connectivity index (χ0) is 20.4. The molecule has 4 aromatic rings. The van der Waals surface area contributed by atoms with Gasteiger partial charge in [0.2, 0.25) is 5.78 Å². The highest BCUT2D eigenvalue weighted by Gasteiger charge is 2.25.